The fourth-order valence-electron chi connectivity index (χ4n) is 2.70. The molecule has 4 nitrogen and oxygen atoms in total. The summed E-state index contributed by atoms with van der Waals surface area (Å²) in [6.07, 6.45) is 7.53. The van der Waals surface area contributed by atoms with Gasteiger partial charge in [0, 0.05) is 6.20 Å². The highest BCUT2D eigenvalue weighted by molar-refractivity contribution is 7.92. The van der Waals surface area contributed by atoms with Gasteiger partial charge in [0.25, 0.3) is 10.0 Å². The minimum Gasteiger partial charge on any atom is -0.278 e. The molecule has 2 aromatic rings. The number of fused-ring (bicyclic) bond motifs is 1. The summed E-state index contributed by atoms with van der Waals surface area (Å²) in [5, 5.41) is 0. The van der Waals surface area contributed by atoms with Crippen LogP contribution in [0.3, 0.4) is 0 Å². The van der Waals surface area contributed by atoms with E-state index < -0.39 is 10.0 Å². The first-order valence-electron chi connectivity index (χ1n) is 7.11. The van der Waals surface area contributed by atoms with Crippen molar-refractivity contribution >= 4 is 15.7 Å². The quantitative estimate of drug-likeness (QED) is 0.948. The van der Waals surface area contributed by atoms with E-state index >= 15 is 0 Å². The molecule has 0 amide bonds. The van der Waals surface area contributed by atoms with E-state index in [2.05, 4.69) is 9.71 Å². The molecule has 1 N–H and O–H groups in total. The van der Waals surface area contributed by atoms with E-state index in [4.69, 9.17) is 0 Å². The van der Waals surface area contributed by atoms with Crippen LogP contribution in [-0.2, 0) is 22.9 Å². The number of nitrogens with zero attached hydrogens (tertiary/aromatic N) is 1. The molecular formula is C16H18N2O2S. The zero-order valence-electron chi connectivity index (χ0n) is 12.0. The highest BCUT2D eigenvalue weighted by atomic mass is 32.2. The molecule has 0 spiro atoms. The molecule has 0 fully saturated rings. The molecule has 0 aliphatic heterocycles. The van der Waals surface area contributed by atoms with Gasteiger partial charge in [-0.25, -0.2) is 8.42 Å². The molecule has 0 saturated carbocycles. The summed E-state index contributed by atoms with van der Waals surface area (Å²) < 4.78 is 27.5. The summed E-state index contributed by atoms with van der Waals surface area (Å²) in [6, 6.07) is 7.20. The molecule has 1 aromatic heterocycles. The third-order valence-corrected chi connectivity index (χ3v) is 5.14. The second-order valence-electron chi connectivity index (χ2n) is 5.49. The van der Waals surface area contributed by atoms with Crippen LogP contribution >= 0.6 is 0 Å². The minimum atomic E-state index is -3.55. The molecule has 0 saturated heterocycles. The molecule has 3 rings (SSSR count). The maximum absolute atomic E-state index is 12.5. The summed E-state index contributed by atoms with van der Waals surface area (Å²) in [6.45, 7) is 1.88. The van der Waals surface area contributed by atoms with Crippen molar-refractivity contribution in [3.63, 3.8) is 0 Å². The molecule has 0 bridgehead atoms. The van der Waals surface area contributed by atoms with Gasteiger partial charge in [-0.1, -0.05) is 6.07 Å². The lowest BCUT2D eigenvalue weighted by Gasteiger charge is -2.17. The highest BCUT2D eigenvalue weighted by Gasteiger charge is 2.18. The van der Waals surface area contributed by atoms with Gasteiger partial charge in [-0.15, -0.1) is 0 Å². The van der Waals surface area contributed by atoms with Crippen molar-refractivity contribution in [3.05, 3.63) is 53.3 Å². The zero-order chi connectivity index (χ0) is 14.9. The number of sulfonamides is 1. The first kappa shape index (κ1) is 14.1. The second kappa shape index (κ2) is 5.48. The summed E-state index contributed by atoms with van der Waals surface area (Å²) in [5.41, 5.74) is 3.84. The van der Waals surface area contributed by atoms with Gasteiger partial charge < -0.3 is 0 Å². The molecule has 1 aliphatic carbocycles. The van der Waals surface area contributed by atoms with E-state index in [1.54, 1.807) is 24.4 Å². The van der Waals surface area contributed by atoms with E-state index in [9.17, 15) is 8.42 Å². The van der Waals surface area contributed by atoms with Crippen molar-refractivity contribution in [1.29, 1.82) is 0 Å². The van der Waals surface area contributed by atoms with Crippen molar-refractivity contribution < 1.29 is 8.42 Å². The predicted octanol–water partition coefficient (Wildman–Crippen LogP) is 3.07. The average Bonchev–Trinajstić information content (AvgIpc) is 2.46. The Balaban J connectivity index is 1.91. The smallest absolute Gasteiger partial charge is 0.261 e. The lowest BCUT2D eigenvalue weighted by atomic mass is 9.92. The lowest BCUT2D eigenvalue weighted by molar-refractivity contribution is 0.600. The number of anilines is 1. The monoisotopic (exact) mass is 302 g/mol. The SMILES string of the molecule is Cc1cncc(NS(=O)(=O)c2ccc3c(c2)CCCC3)c1. The first-order chi connectivity index (χ1) is 10.0. The van der Waals surface area contributed by atoms with Crippen LogP contribution < -0.4 is 4.72 Å². The third kappa shape index (κ3) is 3.08. The van der Waals surface area contributed by atoms with Gasteiger partial charge in [-0.3, -0.25) is 9.71 Å². The number of benzene rings is 1. The van der Waals surface area contributed by atoms with Crippen molar-refractivity contribution in [2.75, 3.05) is 4.72 Å². The Labute approximate surface area is 125 Å². The van der Waals surface area contributed by atoms with Gasteiger partial charge in [-0.2, -0.15) is 0 Å². The molecule has 0 radical (unpaired) electrons. The molecule has 5 heteroatoms. The lowest BCUT2D eigenvalue weighted by Crippen LogP contribution is -2.14. The Hall–Kier alpha value is -1.88. The van der Waals surface area contributed by atoms with Crippen LogP contribution in [0.5, 0.6) is 0 Å². The fourth-order valence-corrected chi connectivity index (χ4v) is 3.79. The van der Waals surface area contributed by atoms with Crippen LogP contribution in [0, 0.1) is 6.92 Å². The maximum atomic E-state index is 12.5. The first-order valence-corrected chi connectivity index (χ1v) is 8.59. The van der Waals surface area contributed by atoms with Gasteiger partial charge in [0.15, 0.2) is 0 Å². The summed E-state index contributed by atoms with van der Waals surface area (Å²) in [5.74, 6) is 0. The van der Waals surface area contributed by atoms with E-state index in [1.165, 1.54) is 18.2 Å². The molecule has 1 heterocycles. The van der Waals surface area contributed by atoms with Crippen molar-refractivity contribution in [3.8, 4) is 0 Å². The topological polar surface area (TPSA) is 59.1 Å². The normalized spacial score (nSPS) is 14.5. The number of aryl methyl sites for hydroxylation is 3. The third-order valence-electron chi connectivity index (χ3n) is 3.76. The minimum absolute atomic E-state index is 0.324. The van der Waals surface area contributed by atoms with E-state index in [0.29, 0.717) is 10.6 Å². The van der Waals surface area contributed by atoms with Crippen LogP contribution in [-0.4, -0.2) is 13.4 Å². The summed E-state index contributed by atoms with van der Waals surface area (Å²) >= 11 is 0. The van der Waals surface area contributed by atoms with Crippen LogP contribution in [0.1, 0.15) is 29.5 Å². The molecule has 1 aromatic carbocycles. The number of aromatic nitrogens is 1. The number of hydrogen-bond acceptors (Lipinski definition) is 3. The molecule has 0 unspecified atom stereocenters. The van der Waals surface area contributed by atoms with Gasteiger partial charge in [0.2, 0.25) is 0 Å². The highest BCUT2D eigenvalue weighted by Crippen LogP contribution is 2.25. The zero-order valence-corrected chi connectivity index (χ0v) is 12.8. The Morgan fingerprint density at radius 2 is 1.81 bits per heavy atom. The van der Waals surface area contributed by atoms with Crippen molar-refractivity contribution in [2.45, 2.75) is 37.5 Å². The fraction of sp³-hybridized carbons (Fsp3) is 0.312. The van der Waals surface area contributed by atoms with E-state index in [0.717, 1.165) is 30.4 Å². The van der Waals surface area contributed by atoms with E-state index in [1.807, 2.05) is 13.0 Å². The van der Waals surface area contributed by atoms with Crippen LogP contribution in [0.2, 0.25) is 0 Å². The Morgan fingerprint density at radius 3 is 2.57 bits per heavy atom. The Bertz CT molecular complexity index is 770. The molecular weight excluding hydrogens is 284 g/mol. The second-order valence-corrected chi connectivity index (χ2v) is 7.18. The largest absolute Gasteiger partial charge is 0.278 e. The maximum Gasteiger partial charge on any atom is 0.261 e. The van der Waals surface area contributed by atoms with Gasteiger partial charge in [-0.05, 0) is 67.5 Å². The molecule has 1 aliphatic rings. The van der Waals surface area contributed by atoms with Crippen LogP contribution in [0.4, 0.5) is 5.69 Å². The Kier molecular flexibility index (Phi) is 3.68. The van der Waals surface area contributed by atoms with E-state index in [-0.39, 0.29) is 0 Å². The van der Waals surface area contributed by atoms with Gasteiger partial charge in [0.05, 0.1) is 16.8 Å². The van der Waals surface area contributed by atoms with Crippen molar-refractivity contribution in [2.24, 2.45) is 0 Å². The van der Waals surface area contributed by atoms with Gasteiger partial charge in [0.1, 0.15) is 0 Å². The number of nitrogens with one attached hydrogen (secondary N) is 1. The number of rotatable bonds is 3. The summed E-state index contributed by atoms with van der Waals surface area (Å²) in [7, 11) is -3.55. The van der Waals surface area contributed by atoms with Crippen LogP contribution in [0.25, 0.3) is 0 Å². The Morgan fingerprint density at radius 1 is 1.05 bits per heavy atom. The molecule has 21 heavy (non-hydrogen) atoms. The van der Waals surface area contributed by atoms with Gasteiger partial charge >= 0.3 is 0 Å². The standard InChI is InChI=1S/C16H18N2O2S/c1-12-8-15(11-17-10-12)18-21(19,20)16-7-6-13-4-2-3-5-14(13)9-16/h6-11,18H,2-5H2,1H3. The average molecular weight is 302 g/mol. The molecule has 0 atom stereocenters. The molecule has 110 valence electrons. The van der Waals surface area contributed by atoms with Crippen molar-refractivity contribution in [1.82, 2.24) is 4.98 Å². The predicted molar refractivity (Wildman–Crippen MR) is 82.9 cm³/mol. The number of hydrogen-bond donors (Lipinski definition) is 1. The number of pyridine rings is 1. The van der Waals surface area contributed by atoms with Crippen LogP contribution in [0.15, 0.2) is 41.6 Å². The summed E-state index contributed by atoms with van der Waals surface area (Å²) in [4.78, 5) is 4.33.